The molecule has 1 aliphatic rings. The fourth-order valence-corrected chi connectivity index (χ4v) is 3.99. The molecule has 0 bridgehead atoms. The Labute approximate surface area is 164 Å². The van der Waals surface area contributed by atoms with Gasteiger partial charge >= 0.3 is 0 Å². The Hall–Kier alpha value is -2.53. The number of hydrogen-bond acceptors (Lipinski definition) is 3. The quantitative estimate of drug-likeness (QED) is 0.607. The second-order valence-electron chi connectivity index (χ2n) is 6.62. The first kappa shape index (κ1) is 19.2. The topological polar surface area (TPSA) is 49.4 Å². The van der Waals surface area contributed by atoms with E-state index in [-0.39, 0.29) is 11.8 Å². The Morgan fingerprint density at radius 1 is 1.22 bits per heavy atom. The minimum Gasteiger partial charge on any atom is -0.352 e. The van der Waals surface area contributed by atoms with Crippen molar-refractivity contribution in [2.24, 2.45) is 0 Å². The van der Waals surface area contributed by atoms with Crippen LogP contribution >= 0.6 is 11.8 Å². The molecule has 2 aromatic rings. The number of carbonyl (C=O) groups excluding carboxylic acids is 2. The number of nitrogens with one attached hydrogen (secondary N) is 1. The third-order valence-electron chi connectivity index (χ3n) is 4.61. The molecule has 0 radical (unpaired) electrons. The van der Waals surface area contributed by atoms with E-state index in [1.54, 1.807) is 18.0 Å². The van der Waals surface area contributed by atoms with Gasteiger partial charge in [0.25, 0.3) is 11.8 Å². The second-order valence-corrected chi connectivity index (χ2v) is 7.71. The van der Waals surface area contributed by atoms with E-state index >= 15 is 0 Å². The number of nitrogens with zero attached hydrogens (tertiary/aromatic N) is 1. The van der Waals surface area contributed by atoms with Gasteiger partial charge < -0.3 is 10.2 Å². The maximum atomic E-state index is 12.8. The SMILES string of the molecule is CCCCNC(=O)c1ccc2c(c1)N(C)C(=O)C(=Cc1ccccc1C)S2. The maximum absolute atomic E-state index is 12.8. The molecule has 1 heterocycles. The number of anilines is 1. The Bertz CT molecular complexity index is 905. The molecule has 0 atom stereocenters. The zero-order valence-corrected chi connectivity index (χ0v) is 16.7. The Kier molecular flexibility index (Phi) is 6.01. The lowest BCUT2D eigenvalue weighted by molar-refractivity contribution is -0.114. The van der Waals surface area contributed by atoms with Crippen LogP contribution in [0.25, 0.3) is 6.08 Å². The van der Waals surface area contributed by atoms with E-state index in [0.29, 0.717) is 17.0 Å². The highest BCUT2D eigenvalue weighted by Crippen LogP contribution is 2.42. The average molecular weight is 381 g/mol. The van der Waals surface area contributed by atoms with Crippen LogP contribution in [0.4, 0.5) is 5.69 Å². The molecule has 2 aromatic carbocycles. The van der Waals surface area contributed by atoms with Crippen LogP contribution in [-0.2, 0) is 4.79 Å². The molecule has 140 valence electrons. The van der Waals surface area contributed by atoms with Gasteiger partial charge in [0, 0.05) is 24.1 Å². The Morgan fingerprint density at radius 3 is 2.74 bits per heavy atom. The zero-order valence-electron chi connectivity index (χ0n) is 15.9. The molecule has 0 saturated heterocycles. The molecule has 0 spiro atoms. The third-order valence-corrected chi connectivity index (χ3v) is 5.69. The van der Waals surface area contributed by atoms with E-state index in [2.05, 4.69) is 12.2 Å². The van der Waals surface area contributed by atoms with E-state index < -0.39 is 0 Å². The average Bonchev–Trinajstić information content (AvgIpc) is 2.67. The highest BCUT2D eigenvalue weighted by molar-refractivity contribution is 8.04. The van der Waals surface area contributed by atoms with E-state index in [1.165, 1.54) is 11.8 Å². The highest BCUT2D eigenvalue weighted by Gasteiger charge is 2.27. The van der Waals surface area contributed by atoms with Gasteiger partial charge in [-0.25, -0.2) is 0 Å². The fourth-order valence-electron chi connectivity index (χ4n) is 2.91. The minimum absolute atomic E-state index is 0.0562. The lowest BCUT2D eigenvalue weighted by atomic mass is 10.1. The lowest BCUT2D eigenvalue weighted by Gasteiger charge is -2.27. The molecule has 3 rings (SSSR count). The Morgan fingerprint density at radius 2 is 2.00 bits per heavy atom. The van der Waals surface area contributed by atoms with E-state index in [0.717, 1.165) is 34.6 Å². The van der Waals surface area contributed by atoms with Gasteiger partial charge in [-0.2, -0.15) is 0 Å². The number of rotatable bonds is 5. The number of aryl methyl sites for hydroxylation is 1. The summed E-state index contributed by atoms with van der Waals surface area (Å²) in [5.74, 6) is -0.155. The fraction of sp³-hybridized carbons (Fsp3) is 0.273. The van der Waals surface area contributed by atoms with Crippen molar-refractivity contribution < 1.29 is 9.59 Å². The van der Waals surface area contributed by atoms with Crippen molar-refractivity contribution in [2.45, 2.75) is 31.6 Å². The molecule has 27 heavy (non-hydrogen) atoms. The molecule has 1 aliphatic heterocycles. The molecule has 0 unspecified atom stereocenters. The van der Waals surface area contributed by atoms with Crippen LogP contribution in [0.1, 0.15) is 41.3 Å². The summed E-state index contributed by atoms with van der Waals surface area (Å²) in [7, 11) is 1.76. The maximum Gasteiger partial charge on any atom is 0.264 e. The highest BCUT2D eigenvalue weighted by atomic mass is 32.2. The van der Waals surface area contributed by atoms with Crippen molar-refractivity contribution in [3.8, 4) is 0 Å². The predicted octanol–water partition coefficient (Wildman–Crippen LogP) is 4.63. The van der Waals surface area contributed by atoms with Gasteiger partial charge in [-0.1, -0.05) is 49.4 Å². The van der Waals surface area contributed by atoms with Crippen LogP contribution < -0.4 is 10.2 Å². The number of amides is 2. The number of thioether (sulfide) groups is 1. The largest absolute Gasteiger partial charge is 0.352 e. The molecule has 0 aromatic heterocycles. The van der Waals surface area contributed by atoms with Crippen molar-refractivity contribution in [2.75, 3.05) is 18.5 Å². The van der Waals surface area contributed by atoms with Gasteiger partial charge in [0.2, 0.25) is 0 Å². The first-order chi connectivity index (χ1) is 13.0. The molecule has 2 amide bonds. The van der Waals surface area contributed by atoms with E-state index in [1.807, 2.05) is 49.4 Å². The first-order valence-electron chi connectivity index (χ1n) is 9.16. The molecular formula is C22H24N2O2S. The number of fused-ring (bicyclic) bond motifs is 1. The van der Waals surface area contributed by atoms with Crippen molar-refractivity contribution in [1.29, 1.82) is 0 Å². The summed E-state index contributed by atoms with van der Waals surface area (Å²) in [5.41, 5.74) is 3.52. The molecule has 4 nitrogen and oxygen atoms in total. The summed E-state index contributed by atoms with van der Waals surface area (Å²) in [6, 6.07) is 13.5. The number of benzene rings is 2. The molecule has 1 N–H and O–H groups in total. The van der Waals surface area contributed by atoms with Gasteiger partial charge in [-0.05, 0) is 48.7 Å². The van der Waals surface area contributed by atoms with Crippen LogP contribution in [0.3, 0.4) is 0 Å². The predicted molar refractivity (Wildman–Crippen MR) is 112 cm³/mol. The van der Waals surface area contributed by atoms with E-state index in [4.69, 9.17) is 0 Å². The summed E-state index contributed by atoms with van der Waals surface area (Å²) in [5, 5.41) is 2.92. The van der Waals surface area contributed by atoms with Crippen molar-refractivity contribution in [3.05, 3.63) is 64.1 Å². The summed E-state index contributed by atoms with van der Waals surface area (Å²) in [4.78, 5) is 28.4. The standard InChI is InChI=1S/C22H24N2O2S/c1-4-5-12-23-21(25)17-10-11-19-18(13-17)24(3)22(26)20(27-19)14-16-9-7-6-8-15(16)2/h6-11,13-14H,4-5,12H2,1-3H3,(H,23,25). The zero-order chi connectivity index (χ0) is 19.4. The summed E-state index contributed by atoms with van der Waals surface area (Å²) >= 11 is 1.45. The summed E-state index contributed by atoms with van der Waals surface area (Å²) < 4.78 is 0. The Balaban J connectivity index is 1.87. The van der Waals surface area contributed by atoms with Gasteiger partial charge in [0.05, 0.1) is 10.6 Å². The van der Waals surface area contributed by atoms with Crippen LogP contribution in [0, 0.1) is 6.92 Å². The number of hydrogen-bond donors (Lipinski definition) is 1. The van der Waals surface area contributed by atoms with Crippen molar-refractivity contribution in [1.82, 2.24) is 5.32 Å². The third kappa shape index (κ3) is 4.25. The molecule has 0 saturated carbocycles. The monoisotopic (exact) mass is 380 g/mol. The van der Waals surface area contributed by atoms with Crippen LogP contribution in [-0.4, -0.2) is 25.4 Å². The molecular weight excluding hydrogens is 356 g/mol. The number of carbonyl (C=O) groups is 2. The minimum atomic E-state index is -0.0988. The smallest absolute Gasteiger partial charge is 0.264 e. The van der Waals surface area contributed by atoms with Crippen LogP contribution in [0.15, 0.2) is 52.3 Å². The second kappa shape index (κ2) is 8.44. The van der Waals surface area contributed by atoms with Crippen molar-refractivity contribution in [3.63, 3.8) is 0 Å². The van der Waals surface area contributed by atoms with Gasteiger partial charge in [-0.15, -0.1) is 0 Å². The molecule has 0 fully saturated rings. The first-order valence-corrected chi connectivity index (χ1v) is 9.98. The van der Waals surface area contributed by atoms with Gasteiger partial charge in [0.1, 0.15) is 0 Å². The summed E-state index contributed by atoms with van der Waals surface area (Å²) in [6.45, 7) is 4.79. The number of unbranched alkanes of at least 4 members (excludes halogenated alkanes) is 1. The van der Waals surface area contributed by atoms with Crippen LogP contribution in [0.5, 0.6) is 0 Å². The number of likely N-dealkylation sites (N-methyl/N-ethyl adjacent to an activating group) is 1. The molecule has 0 aliphatic carbocycles. The summed E-state index contributed by atoms with van der Waals surface area (Å²) in [6.07, 6.45) is 3.93. The molecule has 5 heteroatoms. The lowest BCUT2D eigenvalue weighted by Crippen LogP contribution is -2.31. The van der Waals surface area contributed by atoms with E-state index in [9.17, 15) is 9.59 Å². The van der Waals surface area contributed by atoms with Crippen LogP contribution in [0.2, 0.25) is 0 Å². The van der Waals surface area contributed by atoms with Gasteiger partial charge in [0.15, 0.2) is 0 Å². The normalized spacial score (nSPS) is 15.0. The van der Waals surface area contributed by atoms with Gasteiger partial charge in [-0.3, -0.25) is 9.59 Å². The van der Waals surface area contributed by atoms with Crippen molar-refractivity contribution >= 4 is 35.3 Å².